The molecule has 0 unspecified atom stereocenters. The summed E-state index contributed by atoms with van der Waals surface area (Å²) in [5.41, 5.74) is 1.52. The maximum Gasteiger partial charge on any atom is 0.276 e. The van der Waals surface area contributed by atoms with Crippen molar-refractivity contribution in [3.63, 3.8) is 0 Å². The second kappa shape index (κ2) is 6.72. The van der Waals surface area contributed by atoms with E-state index < -0.39 is 9.84 Å². The molecule has 0 aromatic carbocycles. The first-order valence-corrected chi connectivity index (χ1v) is 11.1. The van der Waals surface area contributed by atoms with Crippen molar-refractivity contribution in [2.45, 2.75) is 44.6 Å². The van der Waals surface area contributed by atoms with Gasteiger partial charge in [0.1, 0.15) is 15.6 Å². The zero-order valence-corrected chi connectivity index (χ0v) is 15.3. The van der Waals surface area contributed by atoms with Crippen molar-refractivity contribution in [2.24, 2.45) is 0 Å². The van der Waals surface area contributed by atoms with Crippen LogP contribution in [0.15, 0.2) is 4.52 Å². The van der Waals surface area contributed by atoms with Gasteiger partial charge in [-0.2, -0.15) is 0 Å². The molecule has 8 heteroatoms. The van der Waals surface area contributed by atoms with Crippen molar-refractivity contribution in [1.29, 1.82) is 0 Å². The van der Waals surface area contributed by atoms with Crippen LogP contribution >= 0.6 is 0 Å². The van der Waals surface area contributed by atoms with Gasteiger partial charge in [-0.1, -0.05) is 5.16 Å². The third kappa shape index (κ3) is 3.46. The third-order valence-electron chi connectivity index (χ3n) is 5.79. The maximum atomic E-state index is 12.8. The summed E-state index contributed by atoms with van der Waals surface area (Å²) in [5.74, 6) is 1.46. The summed E-state index contributed by atoms with van der Waals surface area (Å²) in [6.45, 7) is 2.94. The lowest BCUT2D eigenvalue weighted by atomic mass is 9.96. The molecule has 0 saturated carbocycles. The van der Waals surface area contributed by atoms with Crippen molar-refractivity contribution >= 4 is 15.7 Å². The van der Waals surface area contributed by atoms with Crippen molar-refractivity contribution in [2.75, 3.05) is 37.7 Å². The molecule has 3 heterocycles. The van der Waals surface area contributed by atoms with E-state index in [4.69, 9.17) is 4.52 Å². The number of sulfone groups is 1. The summed E-state index contributed by atoms with van der Waals surface area (Å²) in [6, 6.07) is 0.334. The summed E-state index contributed by atoms with van der Waals surface area (Å²) in [4.78, 5) is 17.0. The molecular formula is C17H25N3O4S. The molecule has 2 fully saturated rings. The van der Waals surface area contributed by atoms with Crippen molar-refractivity contribution in [1.82, 2.24) is 15.0 Å². The molecule has 0 radical (unpaired) electrons. The van der Waals surface area contributed by atoms with E-state index in [9.17, 15) is 13.2 Å². The van der Waals surface area contributed by atoms with Crippen LogP contribution in [0.25, 0.3) is 0 Å². The molecule has 1 aliphatic carbocycles. The lowest BCUT2D eigenvalue weighted by Crippen LogP contribution is -2.53. The van der Waals surface area contributed by atoms with E-state index in [2.05, 4.69) is 10.1 Å². The Morgan fingerprint density at radius 1 is 1.04 bits per heavy atom. The fourth-order valence-corrected chi connectivity index (χ4v) is 5.70. The van der Waals surface area contributed by atoms with Crippen LogP contribution in [0.1, 0.15) is 47.5 Å². The molecule has 0 spiro atoms. The first kappa shape index (κ1) is 17.0. The van der Waals surface area contributed by atoms with Crippen LogP contribution < -0.4 is 0 Å². The number of hydrogen-bond donors (Lipinski definition) is 0. The Morgan fingerprint density at radius 3 is 2.44 bits per heavy atom. The predicted molar refractivity (Wildman–Crippen MR) is 92.3 cm³/mol. The number of aryl methyl sites for hydroxylation is 1. The molecule has 138 valence electrons. The Bertz CT molecular complexity index is 736. The van der Waals surface area contributed by atoms with Gasteiger partial charge in [0.2, 0.25) is 0 Å². The average molecular weight is 367 g/mol. The minimum absolute atomic E-state index is 0.0160. The van der Waals surface area contributed by atoms with Gasteiger partial charge in [0.05, 0.1) is 11.5 Å². The van der Waals surface area contributed by atoms with E-state index in [-0.39, 0.29) is 5.91 Å². The standard InChI is InChI=1S/C17H25N3O4S/c21-17(16-14-3-1-2-4-15(14)24-18-16)20-9-7-19(8-10-20)13-5-11-25(22,23)12-6-13/h13H,1-12H2. The van der Waals surface area contributed by atoms with E-state index in [1.165, 1.54) is 0 Å². The number of fused-ring (bicyclic) bond motifs is 1. The Kier molecular flexibility index (Phi) is 4.58. The molecule has 7 nitrogen and oxygen atoms in total. The average Bonchev–Trinajstić information content (AvgIpc) is 3.05. The van der Waals surface area contributed by atoms with Crippen LogP contribution in [0.4, 0.5) is 0 Å². The van der Waals surface area contributed by atoms with Crippen LogP contribution in [-0.4, -0.2) is 73.0 Å². The lowest BCUT2D eigenvalue weighted by molar-refractivity contribution is 0.0548. The fraction of sp³-hybridized carbons (Fsp3) is 0.765. The molecular weight excluding hydrogens is 342 g/mol. The minimum atomic E-state index is -2.83. The van der Waals surface area contributed by atoms with Crippen molar-refractivity contribution < 1.29 is 17.7 Å². The summed E-state index contributed by atoms with van der Waals surface area (Å²) in [5, 5.41) is 4.05. The van der Waals surface area contributed by atoms with Gasteiger partial charge < -0.3 is 9.42 Å². The smallest absolute Gasteiger partial charge is 0.276 e. The van der Waals surface area contributed by atoms with Crippen LogP contribution in [0.5, 0.6) is 0 Å². The zero-order valence-electron chi connectivity index (χ0n) is 14.4. The number of amides is 1. The molecule has 4 rings (SSSR count). The highest BCUT2D eigenvalue weighted by Crippen LogP contribution is 2.26. The number of aromatic nitrogens is 1. The van der Waals surface area contributed by atoms with E-state index in [0.717, 1.165) is 50.1 Å². The Hall–Kier alpha value is -1.41. The van der Waals surface area contributed by atoms with Crippen molar-refractivity contribution in [3.8, 4) is 0 Å². The van der Waals surface area contributed by atoms with E-state index in [0.29, 0.717) is 49.2 Å². The number of rotatable bonds is 2. The topological polar surface area (TPSA) is 83.7 Å². The Labute approximate surface area is 148 Å². The molecule has 0 N–H and O–H groups in total. The van der Waals surface area contributed by atoms with Crippen molar-refractivity contribution in [3.05, 3.63) is 17.0 Å². The lowest BCUT2D eigenvalue weighted by Gasteiger charge is -2.40. The monoisotopic (exact) mass is 367 g/mol. The number of carbonyl (C=O) groups excluding carboxylic acids is 1. The van der Waals surface area contributed by atoms with E-state index >= 15 is 0 Å². The van der Waals surface area contributed by atoms with Gasteiger partial charge in [0, 0.05) is 44.2 Å². The van der Waals surface area contributed by atoms with Crippen LogP contribution in [0, 0.1) is 0 Å². The Balaban J connectivity index is 1.36. The highest BCUT2D eigenvalue weighted by atomic mass is 32.2. The zero-order chi connectivity index (χ0) is 17.4. The molecule has 2 aliphatic heterocycles. The van der Waals surface area contributed by atoms with Gasteiger partial charge in [-0.25, -0.2) is 8.42 Å². The number of nitrogens with zero attached hydrogens (tertiary/aromatic N) is 3. The second-order valence-electron chi connectivity index (χ2n) is 7.35. The molecule has 1 aromatic heterocycles. The summed E-state index contributed by atoms with van der Waals surface area (Å²) in [7, 11) is -2.83. The second-order valence-corrected chi connectivity index (χ2v) is 9.65. The van der Waals surface area contributed by atoms with E-state index in [1.54, 1.807) is 0 Å². The summed E-state index contributed by atoms with van der Waals surface area (Å²) >= 11 is 0. The Morgan fingerprint density at radius 2 is 1.72 bits per heavy atom. The molecule has 0 bridgehead atoms. The molecule has 0 atom stereocenters. The highest BCUT2D eigenvalue weighted by Gasteiger charge is 2.33. The predicted octanol–water partition coefficient (Wildman–Crippen LogP) is 0.888. The fourth-order valence-electron chi connectivity index (χ4n) is 4.24. The van der Waals surface area contributed by atoms with Crippen LogP contribution in [0.3, 0.4) is 0 Å². The normalized spacial score (nSPS) is 24.9. The van der Waals surface area contributed by atoms with Gasteiger partial charge >= 0.3 is 0 Å². The number of hydrogen-bond acceptors (Lipinski definition) is 6. The summed E-state index contributed by atoms with van der Waals surface area (Å²) < 4.78 is 28.5. The van der Waals surface area contributed by atoms with Crippen LogP contribution in [-0.2, 0) is 22.7 Å². The molecule has 3 aliphatic rings. The van der Waals surface area contributed by atoms with Crippen LogP contribution in [0.2, 0.25) is 0 Å². The van der Waals surface area contributed by atoms with Gasteiger partial charge in [0.25, 0.3) is 5.91 Å². The summed E-state index contributed by atoms with van der Waals surface area (Å²) in [6.07, 6.45) is 5.39. The largest absolute Gasteiger partial charge is 0.360 e. The first-order chi connectivity index (χ1) is 12.0. The van der Waals surface area contributed by atoms with Gasteiger partial charge in [-0.15, -0.1) is 0 Å². The van der Waals surface area contributed by atoms with Gasteiger partial charge in [-0.05, 0) is 32.1 Å². The first-order valence-electron chi connectivity index (χ1n) is 9.25. The molecule has 25 heavy (non-hydrogen) atoms. The third-order valence-corrected chi connectivity index (χ3v) is 7.51. The highest BCUT2D eigenvalue weighted by molar-refractivity contribution is 7.91. The number of carbonyl (C=O) groups is 1. The van der Waals surface area contributed by atoms with E-state index in [1.807, 2.05) is 4.90 Å². The van der Waals surface area contributed by atoms with Gasteiger partial charge in [-0.3, -0.25) is 9.69 Å². The molecule has 1 aromatic rings. The molecule has 2 saturated heterocycles. The quantitative estimate of drug-likeness (QED) is 0.772. The molecule has 1 amide bonds. The maximum absolute atomic E-state index is 12.8. The number of piperazine rings is 1. The SMILES string of the molecule is O=C(c1noc2c1CCCC2)N1CCN(C2CCS(=O)(=O)CC2)CC1. The minimum Gasteiger partial charge on any atom is -0.360 e. The van der Waals surface area contributed by atoms with Gasteiger partial charge in [0.15, 0.2) is 5.69 Å².